The molecule has 188 valence electrons. The molecule has 1 amide bonds. The summed E-state index contributed by atoms with van der Waals surface area (Å²) in [6, 6.07) is 2.92. The van der Waals surface area contributed by atoms with Gasteiger partial charge in [-0.05, 0) is 18.2 Å². The summed E-state index contributed by atoms with van der Waals surface area (Å²) in [6.07, 6.45) is -1.43. The molecule has 0 aliphatic carbocycles. The number of carbonyl (C=O) groups is 3. The standard InChI is InChI=1S/C18H18N4O12S/c1-21(2)15(24)8-4-9(16(25)26)6-10(5-8)33-13-12(22(29)30)14(34-11(7-23)17(27)28)20-18(19-13)35(3,31)32/h4-6,11,23H,7H2,1-3H3,(H,25,26)(H,27,28). The first-order valence-corrected chi connectivity index (χ1v) is 11.1. The van der Waals surface area contributed by atoms with Crippen molar-refractivity contribution in [1.29, 1.82) is 0 Å². The second-order valence-electron chi connectivity index (χ2n) is 6.97. The number of rotatable bonds is 10. The maximum atomic E-state index is 12.3. The molecule has 0 saturated heterocycles. The number of carboxylic acids is 2. The van der Waals surface area contributed by atoms with E-state index in [-0.39, 0.29) is 5.56 Å². The van der Waals surface area contributed by atoms with Gasteiger partial charge in [-0.1, -0.05) is 0 Å². The average Bonchev–Trinajstić information content (AvgIpc) is 2.75. The van der Waals surface area contributed by atoms with Crippen LogP contribution in [0.5, 0.6) is 17.5 Å². The third kappa shape index (κ3) is 6.36. The zero-order chi connectivity index (χ0) is 26.7. The first-order valence-electron chi connectivity index (χ1n) is 9.20. The molecule has 1 heterocycles. The van der Waals surface area contributed by atoms with E-state index < -0.39 is 79.2 Å². The van der Waals surface area contributed by atoms with Gasteiger partial charge in [0, 0.05) is 25.9 Å². The minimum absolute atomic E-state index is 0.187. The molecule has 0 saturated carbocycles. The van der Waals surface area contributed by atoms with Crippen LogP contribution < -0.4 is 9.47 Å². The molecular weight excluding hydrogens is 496 g/mol. The van der Waals surface area contributed by atoms with Crippen LogP contribution in [0.3, 0.4) is 0 Å². The Hall–Kier alpha value is -4.38. The molecule has 1 aromatic carbocycles. The number of aromatic carboxylic acids is 1. The Morgan fingerprint density at radius 2 is 1.69 bits per heavy atom. The van der Waals surface area contributed by atoms with Gasteiger partial charge in [0.15, 0.2) is 0 Å². The summed E-state index contributed by atoms with van der Waals surface area (Å²) < 4.78 is 34.2. The summed E-state index contributed by atoms with van der Waals surface area (Å²) in [6.45, 7) is -1.16. The lowest BCUT2D eigenvalue weighted by Crippen LogP contribution is -2.31. The van der Waals surface area contributed by atoms with E-state index in [4.69, 9.17) is 14.6 Å². The molecule has 35 heavy (non-hydrogen) atoms. The molecule has 0 radical (unpaired) electrons. The van der Waals surface area contributed by atoms with Gasteiger partial charge in [0.05, 0.1) is 17.1 Å². The largest absolute Gasteiger partial charge is 0.478 e. The number of nitro groups is 1. The monoisotopic (exact) mass is 514 g/mol. The van der Waals surface area contributed by atoms with E-state index in [9.17, 15) is 43.1 Å². The summed E-state index contributed by atoms with van der Waals surface area (Å²) in [5.74, 6) is -6.55. The molecular formula is C18H18N4O12S. The fraction of sp³-hybridized carbons (Fsp3) is 0.278. The van der Waals surface area contributed by atoms with Crippen LogP contribution >= 0.6 is 0 Å². The summed E-state index contributed by atoms with van der Waals surface area (Å²) in [4.78, 5) is 53.5. The van der Waals surface area contributed by atoms with Crippen molar-refractivity contribution in [2.45, 2.75) is 11.3 Å². The van der Waals surface area contributed by atoms with Gasteiger partial charge in [0.2, 0.25) is 15.9 Å². The quantitative estimate of drug-likeness (QED) is 0.211. The van der Waals surface area contributed by atoms with Gasteiger partial charge in [-0.15, -0.1) is 0 Å². The number of carboxylic acid groups (broad SMARTS) is 2. The van der Waals surface area contributed by atoms with Crippen molar-refractivity contribution in [3.63, 3.8) is 0 Å². The predicted octanol–water partition coefficient (Wildman–Crippen LogP) is -0.195. The second-order valence-corrected chi connectivity index (χ2v) is 8.88. The number of aliphatic carboxylic acids is 1. The number of carbonyl (C=O) groups excluding carboxylic acids is 1. The second kappa shape index (κ2) is 10.3. The zero-order valence-electron chi connectivity index (χ0n) is 18.2. The first kappa shape index (κ1) is 26.9. The third-order valence-electron chi connectivity index (χ3n) is 4.03. The van der Waals surface area contributed by atoms with Crippen molar-refractivity contribution >= 4 is 33.4 Å². The topological polar surface area (TPSA) is 237 Å². The minimum Gasteiger partial charge on any atom is -0.478 e. The number of ether oxygens (including phenoxy) is 2. The summed E-state index contributed by atoms with van der Waals surface area (Å²) in [7, 11) is -1.50. The van der Waals surface area contributed by atoms with Crippen molar-refractivity contribution < 1.29 is 52.5 Å². The van der Waals surface area contributed by atoms with E-state index in [1.807, 2.05) is 0 Å². The molecule has 1 unspecified atom stereocenters. The predicted molar refractivity (Wildman–Crippen MR) is 112 cm³/mol. The van der Waals surface area contributed by atoms with Gasteiger partial charge in [0.25, 0.3) is 11.1 Å². The van der Waals surface area contributed by atoms with Gasteiger partial charge in [-0.2, -0.15) is 9.97 Å². The van der Waals surface area contributed by atoms with E-state index in [1.54, 1.807) is 0 Å². The van der Waals surface area contributed by atoms with Gasteiger partial charge in [0.1, 0.15) is 5.75 Å². The molecule has 17 heteroatoms. The van der Waals surface area contributed by atoms with Crippen LogP contribution in [0, 0.1) is 10.1 Å². The van der Waals surface area contributed by atoms with Gasteiger partial charge >= 0.3 is 29.4 Å². The molecule has 1 aromatic heterocycles. The molecule has 2 rings (SSSR count). The number of hydrogen-bond acceptors (Lipinski definition) is 12. The van der Waals surface area contributed by atoms with Crippen molar-refractivity contribution in [2.24, 2.45) is 0 Å². The molecule has 3 N–H and O–H groups in total. The van der Waals surface area contributed by atoms with Crippen LogP contribution in [0.2, 0.25) is 0 Å². The van der Waals surface area contributed by atoms with Crippen LogP contribution in [0.1, 0.15) is 20.7 Å². The molecule has 1 atom stereocenters. The van der Waals surface area contributed by atoms with Gasteiger partial charge in [-0.25, -0.2) is 18.0 Å². The Labute approximate surface area is 196 Å². The van der Waals surface area contributed by atoms with Crippen LogP contribution in [0.4, 0.5) is 5.69 Å². The number of aliphatic hydroxyl groups excluding tert-OH is 1. The van der Waals surface area contributed by atoms with E-state index in [0.29, 0.717) is 6.26 Å². The minimum atomic E-state index is -4.27. The van der Waals surface area contributed by atoms with E-state index in [0.717, 1.165) is 23.1 Å². The normalized spacial score (nSPS) is 11.9. The summed E-state index contributed by atoms with van der Waals surface area (Å²) in [5, 5.41) is 38.2. The molecule has 2 aromatic rings. The Morgan fingerprint density at radius 1 is 1.11 bits per heavy atom. The lowest BCUT2D eigenvalue weighted by molar-refractivity contribution is -0.387. The lowest BCUT2D eigenvalue weighted by atomic mass is 10.1. The van der Waals surface area contributed by atoms with Crippen LogP contribution in [-0.4, -0.2) is 94.4 Å². The fourth-order valence-electron chi connectivity index (χ4n) is 2.45. The number of sulfone groups is 1. The van der Waals surface area contributed by atoms with Crippen molar-refractivity contribution in [3.8, 4) is 17.5 Å². The lowest BCUT2D eigenvalue weighted by Gasteiger charge is -2.15. The number of nitrogens with zero attached hydrogens (tertiary/aromatic N) is 4. The zero-order valence-corrected chi connectivity index (χ0v) is 19.0. The van der Waals surface area contributed by atoms with Gasteiger partial charge < -0.3 is 29.7 Å². The number of amides is 1. The van der Waals surface area contributed by atoms with Crippen LogP contribution in [0.15, 0.2) is 23.4 Å². The number of aromatic nitrogens is 2. The number of benzene rings is 1. The molecule has 0 fully saturated rings. The van der Waals surface area contributed by atoms with Crippen LogP contribution in [0.25, 0.3) is 0 Å². The Kier molecular flexibility index (Phi) is 7.88. The SMILES string of the molecule is CN(C)C(=O)c1cc(Oc2nc(S(C)(=O)=O)nc(OC(CO)C(=O)O)c2[N+](=O)[O-])cc(C(=O)O)c1. The summed E-state index contributed by atoms with van der Waals surface area (Å²) in [5.41, 5.74) is -1.86. The molecule has 0 bridgehead atoms. The third-order valence-corrected chi connectivity index (χ3v) is 4.88. The number of hydrogen-bond donors (Lipinski definition) is 3. The Balaban J connectivity index is 2.78. The highest BCUT2D eigenvalue weighted by Crippen LogP contribution is 2.38. The summed E-state index contributed by atoms with van der Waals surface area (Å²) >= 11 is 0. The number of aliphatic hydroxyl groups is 1. The molecule has 0 spiro atoms. The van der Waals surface area contributed by atoms with E-state index >= 15 is 0 Å². The Morgan fingerprint density at radius 3 is 2.14 bits per heavy atom. The van der Waals surface area contributed by atoms with Crippen molar-refractivity contribution in [2.75, 3.05) is 27.0 Å². The van der Waals surface area contributed by atoms with Crippen LogP contribution in [-0.2, 0) is 14.6 Å². The average molecular weight is 514 g/mol. The van der Waals surface area contributed by atoms with E-state index in [2.05, 4.69) is 9.97 Å². The fourth-order valence-corrected chi connectivity index (χ4v) is 2.94. The maximum Gasteiger partial charge on any atom is 0.392 e. The van der Waals surface area contributed by atoms with Gasteiger partial charge in [-0.3, -0.25) is 14.9 Å². The van der Waals surface area contributed by atoms with E-state index in [1.165, 1.54) is 14.1 Å². The smallest absolute Gasteiger partial charge is 0.392 e. The highest BCUT2D eigenvalue weighted by molar-refractivity contribution is 7.90. The molecule has 16 nitrogen and oxygen atoms in total. The highest BCUT2D eigenvalue weighted by atomic mass is 32.2. The van der Waals surface area contributed by atoms with Crippen molar-refractivity contribution in [3.05, 3.63) is 39.4 Å². The molecule has 0 aliphatic heterocycles. The highest BCUT2D eigenvalue weighted by Gasteiger charge is 2.34. The molecule has 0 aliphatic rings. The maximum absolute atomic E-state index is 12.3. The first-order chi connectivity index (χ1) is 16.1. The van der Waals surface area contributed by atoms with Crippen molar-refractivity contribution in [1.82, 2.24) is 14.9 Å². The Bertz CT molecular complexity index is 1310.